The van der Waals surface area contributed by atoms with Crippen LogP contribution in [0.25, 0.3) is 10.9 Å². The summed E-state index contributed by atoms with van der Waals surface area (Å²) in [7, 11) is 0. The van der Waals surface area contributed by atoms with E-state index in [2.05, 4.69) is 4.98 Å². The molecule has 5 heteroatoms. The van der Waals surface area contributed by atoms with Gasteiger partial charge in [0, 0.05) is 17.4 Å². The highest BCUT2D eigenvalue weighted by atomic mass is 16.7. The second kappa shape index (κ2) is 5.16. The number of ether oxygens (including phenoxy) is 2. The van der Waals surface area contributed by atoms with Crippen LogP contribution in [0, 0.1) is 0 Å². The predicted molar refractivity (Wildman–Crippen MR) is 80.7 cm³/mol. The fourth-order valence-electron chi connectivity index (χ4n) is 3.44. The zero-order valence-electron chi connectivity index (χ0n) is 12.2. The summed E-state index contributed by atoms with van der Waals surface area (Å²) in [6.07, 6.45) is 5.55. The van der Waals surface area contributed by atoms with Crippen molar-refractivity contribution in [3.63, 3.8) is 0 Å². The summed E-state index contributed by atoms with van der Waals surface area (Å²) < 4.78 is 10.7. The van der Waals surface area contributed by atoms with Crippen LogP contribution in [0.1, 0.15) is 54.1 Å². The van der Waals surface area contributed by atoms with E-state index in [1.807, 2.05) is 12.1 Å². The molecule has 0 amide bonds. The summed E-state index contributed by atoms with van der Waals surface area (Å²) in [5, 5.41) is 10.3. The van der Waals surface area contributed by atoms with Gasteiger partial charge in [0.25, 0.3) is 0 Å². The Kier molecular flexibility index (Phi) is 3.13. The molecule has 1 saturated carbocycles. The van der Waals surface area contributed by atoms with Crippen LogP contribution in [0.15, 0.2) is 18.2 Å². The number of pyridine rings is 1. The molecule has 1 fully saturated rings. The van der Waals surface area contributed by atoms with E-state index in [9.17, 15) is 9.90 Å². The third kappa shape index (κ3) is 2.17. The van der Waals surface area contributed by atoms with Crippen molar-refractivity contribution in [3.8, 4) is 11.5 Å². The molecule has 2 aromatic rings. The molecule has 0 saturated heterocycles. The van der Waals surface area contributed by atoms with Gasteiger partial charge in [-0.05, 0) is 25.0 Å². The van der Waals surface area contributed by atoms with Gasteiger partial charge in [-0.15, -0.1) is 0 Å². The normalized spacial score (nSPS) is 17.8. The molecule has 1 N–H and O–H groups in total. The molecule has 22 heavy (non-hydrogen) atoms. The maximum absolute atomic E-state index is 11.6. The quantitative estimate of drug-likeness (QED) is 0.915. The minimum absolute atomic E-state index is 0.201. The number of carboxylic acid groups (broad SMARTS) is 1. The second-order valence-electron chi connectivity index (χ2n) is 5.96. The number of fused-ring (bicyclic) bond motifs is 2. The standard InChI is InChI=1S/C17H17NO4/c19-17(20)12-6-11-7-14-15(22-9-21-14)8-13(11)18-16(12)10-4-2-1-3-5-10/h6-8,10H,1-5,9H2,(H,19,20). The van der Waals surface area contributed by atoms with Gasteiger partial charge in [0.15, 0.2) is 11.5 Å². The molecular weight excluding hydrogens is 282 g/mol. The smallest absolute Gasteiger partial charge is 0.337 e. The van der Waals surface area contributed by atoms with Crippen LogP contribution in [0.3, 0.4) is 0 Å². The van der Waals surface area contributed by atoms with Crippen LogP contribution in [-0.4, -0.2) is 22.9 Å². The highest BCUT2D eigenvalue weighted by Crippen LogP contribution is 2.38. The van der Waals surface area contributed by atoms with E-state index >= 15 is 0 Å². The molecule has 2 heterocycles. The van der Waals surface area contributed by atoms with Gasteiger partial charge in [-0.25, -0.2) is 4.79 Å². The Labute approximate surface area is 127 Å². The van der Waals surface area contributed by atoms with E-state index in [1.165, 1.54) is 6.42 Å². The number of carboxylic acids is 1. The van der Waals surface area contributed by atoms with E-state index in [0.29, 0.717) is 17.1 Å². The zero-order valence-corrected chi connectivity index (χ0v) is 12.2. The van der Waals surface area contributed by atoms with Gasteiger partial charge >= 0.3 is 5.97 Å². The van der Waals surface area contributed by atoms with Crippen molar-refractivity contribution in [2.75, 3.05) is 6.79 Å². The summed E-state index contributed by atoms with van der Waals surface area (Å²) in [6, 6.07) is 5.37. The topological polar surface area (TPSA) is 68.7 Å². The third-order valence-electron chi connectivity index (χ3n) is 4.56. The van der Waals surface area contributed by atoms with Gasteiger partial charge in [-0.1, -0.05) is 19.3 Å². The predicted octanol–water partition coefficient (Wildman–Crippen LogP) is 3.71. The SMILES string of the molecule is O=C(O)c1cc2cc3c(cc2nc1C1CCCCC1)OCO3. The monoisotopic (exact) mass is 299 g/mol. The average molecular weight is 299 g/mol. The lowest BCUT2D eigenvalue weighted by atomic mass is 9.84. The van der Waals surface area contributed by atoms with Crippen LogP contribution >= 0.6 is 0 Å². The van der Waals surface area contributed by atoms with E-state index in [1.54, 1.807) is 6.07 Å². The highest BCUT2D eigenvalue weighted by Gasteiger charge is 2.24. The summed E-state index contributed by atoms with van der Waals surface area (Å²) in [4.78, 5) is 16.3. The average Bonchev–Trinajstić information content (AvgIpc) is 2.99. The number of aromatic nitrogens is 1. The number of rotatable bonds is 2. The molecule has 1 aromatic heterocycles. The van der Waals surface area contributed by atoms with Gasteiger partial charge in [0.05, 0.1) is 16.8 Å². The highest BCUT2D eigenvalue weighted by molar-refractivity contribution is 5.95. The van der Waals surface area contributed by atoms with E-state index in [-0.39, 0.29) is 12.7 Å². The number of hydrogen-bond acceptors (Lipinski definition) is 4. The first-order valence-electron chi connectivity index (χ1n) is 7.70. The fourth-order valence-corrected chi connectivity index (χ4v) is 3.44. The molecule has 5 nitrogen and oxygen atoms in total. The first kappa shape index (κ1) is 13.4. The number of hydrogen-bond donors (Lipinski definition) is 1. The molecule has 0 unspecified atom stereocenters. The molecule has 114 valence electrons. The van der Waals surface area contributed by atoms with Crippen LogP contribution in [-0.2, 0) is 0 Å². The van der Waals surface area contributed by atoms with Crippen LogP contribution in [0.4, 0.5) is 0 Å². The molecule has 4 rings (SSSR count). The maximum atomic E-state index is 11.6. The minimum Gasteiger partial charge on any atom is -0.478 e. The minimum atomic E-state index is -0.910. The van der Waals surface area contributed by atoms with Crippen molar-refractivity contribution >= 4 is 16.9 Å². The van der Waals surface area contributed by atoms with E-state index in [0.717, 1.165) is 42.3 Å². The Bertz CT molecular complexity index is 750. The molecule has 1 aromatic carbocycles. The number of carbonyl (C=O) groups is 1. The summed E-state index contributed by atoms with van der Waals surface area (Å²) in [5.41, 5.74) is 1.81. The van der Waals surface area contributed by atoms with Crippen LogP contribution in [0.2, 0.25) is 0 Å². The molecule has 0 bridgehead atoms. The first-order valence-corrected chi connectivity index (χ1v) is 7.70. The summed E-state index contributed by atoms with van der Waals surface area (Å²) in [5.74, 6) is 0.663. The van der Waals surface area contributed by atoms with Gasteiger partial charge < -0.3 is 14.6 Å². The second-order valence-corrected chi connectivity index (χ2v) is 5.96. The molecular formula is C17H17NO4. The van der Waals surface area contributed by atoms with Crippen molar-refractivity contribution in [2.24, 2.45) is 0 Å². The summed E-state index contributed by atoms with van der Waals surface area (Å²) in [6.45, 7) is 0.201. The summed E-state index contributed by atoms with van der Waals surface area (Å²) >= 11 is 0. The van der Waals surface area contributed by atoms with Crippen LogP contribution < -0.4 is 9.47 Å². The molecule has 1 aliphatic heterocycles. The van der Waals surface area contributed by atoms with Crippen molar-refractivity contribution in [1.29, 1.82) is 0 Å². The zero-order chi connectivity index (χ0) is 15.1. The van der Waals surface area contributed by atoms with Crippen molar-refractivity contribution in [2.45, 2.75) is 38.0 Å². The fraction of sp³-hybridized carbons (Fsp3) is 0.412. The van der Waals surface area contributed by atoms with Gasteiger partial charge in [-0.3, -0.25) is 4.98 Å². The van der Waals surface area contributed by atoms with Gasteiger partial charge in [0.1, 0.15) is 0 Å². The maximum Gasteiger partial charge on any atom is 0.337 e. The van der Waals surface area contributed by atoms with Crippen molar-refractivity contribution in [1.82, 2.24) is 4.98 Å². The Morgan fingerprint density at radius 3 is 2.55 bits per heavy atom. The number of nitrogens with zero attached hydrogens (tertiary/aromatic N) is 1. The Morgan fingerprint density at radius 2 is 1.82 bits per heavy atom. The Hall–Kier alpha value is -2.30. The molecule has 0 atom stereocenters. The Morgan fingerprint density at radius 1 is 1.09 bits per heavy atom. The lowest BCUT2D eigenvalue weighted by Gasteiger charge is -2.22. The third-order valence-corrected chi connectivity index (χ3v) is 4.56. The van der Waals surface area contributed by atoms with Crippen molar-refractivity contribution in [3.05, 3.63) is 29.5 Å². The molecule has 2 aliphatic rings. The first-order chi connectivity index (χ1) is 10.7. The Balaban J connectivity index is 1.88. The van der Waals surface area contributed by atoms with E-state index < -0.39 is 5.97 Å². The molecule has 0 spiro atoms. The van der Waals surface area contributed by atoms with E-state index in [4.69, 9.17) is 9.47 Å². The van der Waals surface area contributed by atoms with Gasteiger partial charge in [-0.2, -0.15) is 0 Å². The molecule has 1 aliphatic carbocycles. The number of aromatic carboxylic acids is 1. The lowest BCUT2D eigenvalue weighted by molar-refractivity contribution is 0.0694. The molecule has 0 radical (unpaired) electrons. The van der Waals surface area contributed by atoms with Gasteiger partial charge in [0.2, 0.25) is 6.79 Å². The number of benzene rings is 1. The lowest BCUT2D eigenvalue weighted by Crippen LogP contribution is -2.13. The van der Waals surface area contributed by atoms with Crippen molar-refractivity contribution < 1.29 is 19.4 Å². The largest absolute Gasteiger partial charge is 0.478 e. The van der Waals surface area contributed by atoms with Crippen LogP contribution in [0.5, 0.6) is 11.5 Å².